The van der Waals surface area contributed by atoms with E-state index in [0.29, 0.717) is 18.7 Å². The highest BCUT2D eigenvalue weighted by molar-refractivity contribution is 5.92. The number of likely N-dealkylation sites (tertiary alicyclic amines) is 1. The van der Waals surface area contributed by atoms with Crippen molar-refractivity contribution in [3.8, 4) is 0 Å². The molecule has 0 spiro atoms. The van der Waals surface area contributed by atoms with Gasteiger partial charge in [0.2, 0.25) is 0 Å². The van der Waals surface area contributed by atoms with Crippen molar-refractivity contribution < 1.29 is 18.0 Å². The quantitative estimate of drug-likeness (QED) is 0.842. The maximum absolute atomic E-state index is 12.6. The molecule has 100 valence electrons. The number of nitrogens with one attached hydrogen (secondary N) is 1. The van der Waals surface area contributed by atoms with Crippen LogP contribution in [0.2, 0.25) is 0 Å². The zero-order chi connectivity index (χ0) is 13.3. The topological polar surface area (TPSA) is 49.0 Å². The van der Waals surface area contributed by atoms with Crippen LogP contribution in [-0.2, 0) is 0 Å². The highest BCUT2D eigenvalue weighted by atomic mass is 19.4. The largest absolute Gasteiger partial charge is 0.393 e. The number of rotatable bonds is 1. The van der Waals surface area contributed by atoms with Crippen LogP contribution in [0.1, 0.15) is 29.0 Å². The van der Waals surface area contributed by atoms with Gasteiger partial charge in [-0.3, -0.25) is 9.89 Å². The lowest BCUT2D eigenvalue weighted by Crippen LogP contribution is -2.44. The Balaban J connectivity index is 2.07. The number of aromatic amines is 1. The maximum Gasteiger partial charge on any atom is 0.393 e. The lowest BCUT2D eigenvalue weighted by molar-refractivity contribution is -0.184. The second-order valence-corrected chi connectivity index (χ2v) is 4.57. The number of carbonyl (C=O) groups is 1. The van der Waals surface area contributed by atoms with E-state index in [4.69, 9.17) is 0 Å². The number of carbonyl (C=O) groups excluding carboxylic acids is 1. The van der Waals surface area contributed by atoms with Crippen molar-refractivity contribution in [3.05, 3.63) is 17.5 Å². The average molecular weight is 261 g/mol. The second-order valence-electron chi connectivity index (χ2n) is 4.57. The standard InChI is InChI=1S/C11H14F3N3O/c1-7-5-9(16-15-7)10(18)17-4-2-3-8(6-17)11(12,13)14/h5,8H,2-4,6H2,1H3,(H,15,16)/t8-/m0/s1. The van der Waals surface area contributed by atoms with Crippen molar-refractivity contribution in [2.24, 2.45) is 5.92 Å². The SMILES string of the molecule is Cc1cc(C(=O)N2CCC[C@H](C(F)(F)F)C2)n[nH]1. The zero-order valence-electron chi connectivity index (χ0n) is 9.92. The first-order valence-corrected chi connectivity index (χ1v) is 5.76. The van der Waals surface area contributed by atoms with Gasteiger partial charge in [0.05, 0.1) is 5.92 Å². The molecular weight excluding hydrogens is 247 g/mol. The van der Waals surface area contributed by atoms with Crippen LogP contribution < -0.4 is 0 Å². The number of alkyl halides is 3. The fraction of sp³-hybridized carbons (Fsp3) is 0.636. The Morgan fingerprint density at radius 3 is 2.83 bits per heavy atom. The normalized spacial score (nSPS) is 21.1. The van der Waals surface area contributed by atoms with E-state index in [1.807, 2.05) is 0 Å². The molecule has 18 heavy (non-hydrogen) atoms. The molecule has 0 radical (unpaired) electrons. The van der Waals surface area contributed by atoms with Crippen molar-refractivity contribution in [1.82, 2.24) is 15.1 Å². The molecule has 4 nitrogen and oxygen atoms in total. The highest BCUT2D eigenvalue weighted by Crippen LogP contribution is 2.33. The van der Waals surface area contributed by atoms with Crippen LogP contribution >= 0.6 is 0 Å². The Hall–Kier alpha value is -1.53. The Labute approximate surface area is 102 Å². The summed E-state index contributed by atoms with van der Waals surface area (Å²) < 4.78 is 37.9. The zero-order valence-corrected chi connectivity index (χ0v) is 9.92. The first kappa shape index (κ1) is 12.9. The van der Waals surface area contributed by atoms with E-state index < -0.39 is 18.0 Å². The van der Waals surface area contributed by atoms with Crippen LogP contribution in [0.15, 0.2) is 6.07 Å². The van der Waals surface area contributed by atoms with E-state index >= 15 is 0 Å². The van der Waals surface area contributed by atoms with Crippen LogP contribution in [0.25, 0.3) is 0 Å². The van der Waals surface area contributed by atoms with E-state index in [1.54, 1.807) is 13.0 Å². The van der Waals surface area contributed by atoms with E-state index in [9.17, 15) is 18.0 Å². The lowest BCUT2D eigenvalue weighted by atomic mass is 9.97. The van der Waals surface area contributed by atoms with Crippen LogP contribution in [-0.4, -0.2) is 40.3 Å². The highest BCUT2D eigenvalue weighted by Gasteiger charge is 2.42. The molecule has 0 bridgehead atoms. The van der Waals surface area contributed by atoms with Crippen molar-refractivity contribution in [1.29, 1.82) is 0 Å². The Morgan fingerprint density at radius 1 is 1.56 bits per heavy atom. The van der Waals surface area contributed by atoms with Gasteiger partial charge in [-0.25, -0.2) is 0 Å². The third kappa shape index (κ3) is 2.65. The minimum atomic E-state index is -4.24. The summed E-state index contributed by atoms with van der Waals surface area (Å²) in [6.45, 7) is 1.82. The Kier molecular flexibility index (Phi) is 3.32. The molecule has 0 saturated carbocycles. The van der Waals surface area contributed by atoms with Crippen molar-refractivity contribution in [3.63, 3.8) is 0 Å². The minimum Gasteiger partial charge on any atom is -0.337 e. The van der Waals surface area contributed by atoms with Crippen molar-refractivity contribution in [2.75, 3.05) is 13.1 Å². The van der Waals surface area contributed by atoms with E-state index in [0.717, 1.165) is 0 Å². The summed E-state index contributed by atoms with van der Waals surface area (Å²) >= 11 is 0. The first-order chi connectivity index (χ1) is 8.38. The number of hydrogen-bond acceptors (Lipinski definition) is 2. The predicted octanol–water partition coefficient (Wildman–Crippen LogP) is 2.13. The van der Waals surface area contributed by atoms with E-state index in [2.05, 4.69) is 10.2 Å². The number of H-pyrrole nitrogens is 1. The van der Waals surface area contributed by atoms with Crippen molar-refractivity contribution in [2.45, 2.75) is 25.9 Å². The van der Waals surface area contributed by atoms with Gasteiger partial charge in [0.1, 0.15) is 5.69 Å². The summed E-state index contributed by atoms with van der Waals surface area (Å²) in [6.07, 6.45) is -3.77. The number of aromatic nitrogens is 2. The van der Waals surface area contributed by atoms with Gasteiger partial charge < -0.3 is 4.90 Å². The number of nitrogens with zero attached hydrogens (tertiary/aromatic N) is 2. The van der Waals surface area contributed by atoms with Gasteiger partial charge in [-0.1, -0.05) is 0 Å². The number of amides is 1. The summed E-state index contributed by atoms with van der Waals surface area (Å²) in [7, 11) is 0. The summed E-state index contributed by atoms with van der Waals surface area (Å²) in [5, 5.41) is 6.39. The van der Waals surface area contributed by atoms with E-state index in [1.165, 1.54) is 4.90 Å². The van der Waals surface area contributed by atoms with Crippen LogP contribution in [0, 0.1) is 12.8 Å². The molecule has 2 rings (SSSR count). The summed E-state index contributed by atoms with van der Waals surface area (Å²) in [6, 6.07) is 1.54. The van der Waals surface area contributed by atoms with Gasteiger partial charge in [-0.05, 0) is 25.8 Å². The molecule has 1 amide bonds. The van der Waals surface area contributed by atoms with E-state index in [-0.39, 0.29) is 18.7 Å². The molecule has 1 aromatic heterocycles. The average Bonchev–Trinajstić information content (AvgIpc) is 2.74. The lowest BCUT2D eigenvalue weighted by Gasteiger charge is -2.33. The van der Waals surface area contributed by atoms with Gasteiger partial charge in [-0.2, -0.15) is 18.3 Å². The summed E-state index contributed by atoms with van der Waals surface area (Å²) in [4.78, 5) is 13.2. The third-order valence-corrected chi connectivity index (χ3v) is 3.10. The molecule has 2 heterocycles. The van der Waals surface area contributed by atoms with Crippen LogP contribution in [0.3, 0.4) is 0 Å². The molecule has 1 aliphatic heterocycles. The van der Waals surface area contributed by atoms with Gasteiger partial charge >= 0.3 is 6.18 Å². The molecule has 1 aliphatic rings. The van der Waals surface area contributed by atoms with Crippen LogP contribution in [0.4, 0.5) is 13.2 Å². The minimum absolute atomic E-state index is 0.0902. The van der Waals surface area contributed by atoms with Gasteiger partial charge in [0.25, 0.3) is 5.91 Å². The number of piperidine rings is 1. The molecule has 0 aliphatic carbocycles. The Morgan fingerprint density at radius 2 is 2.28 bits per heavy atom. The van der Waals surface area contributed by atoms with Crippen LogP contribution in [0.5, 0.6) is 0 Å². The fourth-order valence-electron chi connectivity index (χ4n) is 2.12. The first-order valence-electron chi connectivity index (χ1n) is 5.76. The van der Waals surface area contributed by atoms with Gasteiger partial charge in [-0.15, -0.1) is 0 Å². The van der Waals surface area contributed by atoms with Gasteiger partial charge in [0, 0.05) is 18.8 Å². The molecule has 1 fully saturated rings. The molecule has 1 N–H and O–H groups in total. The van der Waals surface area contributed by atoms with Crippen molar-refractivity contribution >= 4 is 5.91 Å². The number of hydrogen-bond donors (Lipinski definition) is 1. The smallest absolute Gasteiger partial charge is 0.337 e. The second kappa shape index (κ2) is 4.62. The monoisotopic (exact) mass is 261 g/mol. The summed E-state index contributed by atoms with van der Waals surface area (Å²) in [5.74, 6) is -1.86. The third-order valence-electron chi connectivity index (χ3n) is 3.10. The molecular formula is C11H14F3N3O. The molecule has 0 unspecified atom stereocenters. The maximum atomic E-state index is 12.6. The molecule has 1 atom stereocenters. The molecule has 7 heteroatoms. The Bertz CT molecular complexity index is 441. The molecule has 1 aromatic rings. The predicted molar refractivity (Wildman–Crippen MR) is 58.0 cm³/mol. The molecule has 1 saturated heterocycles. The number of aryl methyl sites for hydroxylation is 1. The summed E-state index contributed by atoms with van der Waals surface area (Å²) in [5.41, 5.74) is 0.887. The van der Waals surface area contributed by atoms with Gasteiger partial charge in [0.15, 0.2) is 0 Å². The fourth-order valence-corrected chi connectivity index (χ4v) is 2.12. The molecule has 0 aromatic carbocycles. The number of halogens is 3.